The molecule has 0 fully saturated rings. The molecule has 0 aliphatic heterocycles. The standard InChI is InChI=1S/C12H15Cl2NS/c1-7-8(2)11(14)4-3-10(7)12-15-9(5-13)6-16-12/h3-4,6-8,10-11H,5H2,1-2H3. The summed E-state index contributed by atoms with van der Waals surface area (Å²) in [5, 5.41) is 3.36. The number of aromatic nitrogens is 1. The molecule has 1 nitrogen and oxygen atoms in total. The lowest BCUT2D eigenvalue weighted by Crippen LogP contribution is -2.26. The number of halogens is 2. The lowest BCUT2D eigenvalue weighted by atomic mass is 9.78. The van der Waals surface area contributed by atoms with E-state index in [-0.39, 0.29) is 5.38 Å². The molecule has 16 heavy (non-hydrogen) atoms. The minimum atomic E-state index is 0.152. The van der Waals surface area contributed by atoms with Gasteiger partial charge in [-0.1, -0.05) is 26.0 Å². The van der Waals surface area contributed by atoms with Crippen molar-refractivity contribution in [3.05, 3.63) is 28.2 Å². The smallest absolute Gasteiger partial charge is 0.1000 e. The van der Waals surface area contributed by atoms with E-state index >= 15 is 0 Å². The first-order chi connectivity index (χ1) is 7.63. The van der Waals surface area contributed by atoms with Crippen LogP contribution in [0.1, 0.15) is 30.5 Å². The van der Waals surface area contributed by atoms with Gasteiger partial charge >= 0.3 is 0 Å². The monoisotopic (exact) mass is 275 g/mol. The highest BCUT2D eigenvalue weighted by Gasteiger charge is 2.31. The normalized spacial score (nSPS) is 34.2. The maximum Gasteiger partial charge on any atom is 0.1000 e. The zero-order valence-corrected chi connectivity index (χ0v) is 11.7. The number of nitrogens with zero attached hydrogens (tertiary/aromatic N) is 1. The second-order valence-electron chi connectivity index (χ2n) is 4.38. The zero-order chi connectivity index (χ0) is 11.7. The van der Waals surface area contributed by atoms with Gasteiger partial charge < -0.3 is 0 Å². The van der Waals surface area contributed by atoms with Crippen molar-refractivity contribution in [2.45, 2.75) is 31.0 Å². The fourth-order valence-electron chi connectivity index (χ4n) is 2.04. The van der Waals surface area contributed by atoms with Crippen LogP contribution in [-0.4, -0.2) is 10.4 Å². The van der Waals surface area contributed by atoms with E-state index in [0.717, 1.165) is 10.7 Å². The first-order valence-electron chi connectivity index (χ1n) is 5.46. The first kappa shape index (κ1) is 12.4. The third-order valence-electron chi connectivity index (χ3n) is 3.39. The van der Waals surface area contributed by atoms with Crippen LogP contribution in [0.2, 0.25) is 0 Å². The lowest BCUT2D eigenvalue weighted by molar-refractivity contribution is 0.347. The molecule has 0 amide bonds. The SMILES string of the molecule is CC1C(Cl)C=CC(c2nc(CCl)cs2)C1C. The predicted octanol–water partition coefficient (Wildman–Crippen LogP) is 4.41. The maximum absolute atomic E-state index is 6.22. The summed E-state index contributed by atoms with van der Waals surface area (Å²) >= 11 is 13.7. The van der Waals surface area contributed by atoms with E-state index in [1.807, 2.05) is 5.38 Å². The summed E-state index contributed by atoms with van der Waals surface area (Å²) in [5.74, 6) is 1.91. The number of hydrogen-bond acceptors (Lipinski definition) is 2. The van der Waals surface area contributed by atoms with Crippen molar-refractivity contribution in [2.75, 3.05) is 0 Å². The molecular weight excluding hydrogens is 261 g/mol. The second-order valence-corrected chi connectivity index (χ2v) is 6.04. The highest BCUT2D eigenvalue weighted by molar-refractivity contribution is 7.09. The molecule has 4 atom stereocenters. The van der Waals surface area contributed by atoms with Crippen LogP contribution in [0.3, 0.4) is 0 Å². The van der Waals surface area contributed by atoms with Crippen molar-refractivity contribution in [2.24, 2.45) is 11.8 Å². The van der Waals surface area contributed by atoms with Gasteiger partial charge in [-0.15, -0.1) is 34.5 Å². The Morgan fingerprint density at radius 2 is 2.06 bits per heavy atom. The molecule has 1 aromatic rings. The molecule has 0 spiro atoms. The van der Waals surface area contributed by atoms with Gasteiger partial charge in [-0.2, -0.15) is 0 Å². The summed E-state index contributed by atoms with van der Waals surface area (Å²) in [6.07, 6.45) is 4.29. The Kier molecular flexibility index (Phi) is 3.93. The van der Waals surface area contributed by atoms with Crippen molar-refractivity contribution in [1.29, 1.82) is 0 Å². The molecule has 0 aromatic carbocycles. The van der Waals surface area contributed by atoms with Gasteiger partial charge in [-0.25, -0.2) is 4.98 Å². The number of hydrogen-bond donors (Lipinski definition) is 0. The van der Waals surface area contributed by atoms with Crippen LogP contribution < -0.4 is 0 Å². The van der Waals surface area contributed by atoms with E-state index in [2.05, 4.69) is 31.0 Å². The van der Waals surface area contributed by atoms with Crippen molar-refractivity contribution in [3.63, 3.8) is 0 Å². The van der Waals surface area contributed by atoms with E-state index in [4.69, 9.17) is 23.2 Å². The topological polar surface area (TPSA) is 12.9 Å². The van der Waals surface area contributed by atoms with Gasteiger partial charge in [0.1, 0.15) is 0 Å². The molecule has 4 unspecified atom stereocenters. The van der Waals surface area contributed by atoms with Gasteiger partial charge in [0.25, 0.3) is 0 Å². The third kappa shape index (κ3) is 2.29. The Hall–Kier alpha value is -0.0500. The van der Waals surface area contributed by atoms with Crippen molar-refractivity contribution in [3.8, 4) is 0 Å². The minimum Gasteiger partial charge on any atom is -0.244 e. The van der Waals surface area contributed by atoms with Crippen LogP contribution in [-0.2, 0) is 5.88 Å². The number of rotatable bonds is 2. The molecule has 1 aliphatic carbocycles. The van der Waals surface area contributed by atoms with E-state index in [1.165, 1.54) is 0 Å². The van der Waals surface area contributed by atoms with Crippen LogP contribution in [0, 0.1) is 11.8 Å². The Bertz CT molecular complexity index is 388. The molecule has 0 radical (unpaired) electrons. The van der Waals surface area contributed by atoms with Crippen LogP contribution in [0.25, 0.3) is 0 Å². The van der Waals surface area contributed by atoms with Gasteiger partial charge in [-0.3, -0.25) is 0 Å². The van der Waals surface area contributed by atoms with Gasteiger partial charge in [-0.05, 0) is 11.8 Å². The molecule has 1 aliphatic rings. The highest BCUT2D eigenvalue weighted by atomic mass is 35.5. The molecule has 1 heterocycles. The summed E-state index contributed by atoms with van der Waals surface area (Å²) in [5.41, 5.74) is 0.975. The molecule has 4 heteroatoms. The largest absolute Gasteiger partial charge is 0.244 e. The molecule has 0 N–H and O–H groups in total. The Morgan fingerprint density at radius 3 is 2.69 bits per heavy atom. The van der Waals surface area contributed by atoms with Gasteiger partial charge in [0.2, 0.25) is 0 Å². The van der Waals surface area contributed by atoms with E-state index in [1.54, 1.807) is 11.3 Å². The quantitative estimate of drug-likeness (QED) is 0.575. The minimum absolute atomic E-state index is 0.152. The van der Waals surface area contributed by atoms with Crippen molar-refractivity contribution in [1.82, 2.24) is 4.98 Å². The van der Waals surface area contributed by atoms with Crippen LogP contribution in [0.5, 0.6) is 0 Å². The number of allylic oxidation sites excluding steroid dienone is 2. The second kappa shape index (κ2) is 5.07. The number of alkyl halides is 2. The van der Waals surface area contributed by atoms with Crippen molar-refractivity contribution >= 4 is 34.5 Å². The highest BCUT2D eigenvalue weighted by Crippen LogP contribution is 2.39. The Balaban J connectivity index is 2.24. The fourth-order valence-corrected chi connectivity index (χ4v) is 3.59. The average molecular weight is 276 g/mol. The molecule has 1 aromatic heterocycles. The molecule has 0 bridgehead atoms. The van der Waals surface area contributed by atoms with E-state index < -0.39 is 0 Å². The summed E-state index contributed by atoms with van der Waals surface area (Å²) < 4.78 is 0. The van der Waals surface area contributed by atoms with Crippen LogP contribution in [0.4, 0.5) is 0 Å². The van der Waals surface area contributed by atoms with Crippen LogP contribution >= 0.6 is 34.5 Å². The molecule has 88 valence electrons. The molecule has 0 saturated heterocycles. The lowest BCUT2D eigenvalue weighted by Gasteiger charge is -2.31. The van der Waals surface area contributed by atoms with E-state index in [0.29, 0.717) is 23.6 Å². The summed E-state index contributed by atoms with van der Waals surface area (Å²) in [6.45, 7) is 4.45. The molecule has 2 rings (SSSR count). The molecule has 0 saturated carbocycles. The summed E-state index contributed by atoms with van der Waals surface area (Å²) in [4.78, 5) is 4.55. The van der Waals surface area contributed by atoms with Crippen LogP contribution in [0.15, 0.2) is 17.5 Å². The zero-order valence-electron chi connectivity index (χ0n) is 9.36. The molecular formula is C12H15Cl2NS. The van der Waals surface area contributed by atoms with Gasteiger partial charge in [0.05, 0.1) is 22.0 Å². The Labute approximate surface area is 110 Å². The average Bonchev–Trinajstić information content (AvgIpc) is 2.74. The maximum atomic E-state index is 6.22. The van der Waals surface area contributed by atoms with Crippen molar-refractivity contribution < 1.29 is 0 Å². The number of thiazole rings is 1. The van der Waals surface area contributed by atoms with E-state index in [9.17, 15) is 0 Å². The first-order valence-corrected chi connectivity index (χ1v) is 7.31. The third-order valence-corrected chi connectivity index (χ3v) is 5.20. The summed E-state index contributed by atoms with van der Waals surface area (Å²) in [6, 6.07) is 0. The fraction of sp³-hybridized carbons (Fsp3) is 0.583. The van der Waals surface area contributed by atoms with Gasteiger partial charge in [0, 0.05) is 11.3 Å². The Morgan fingerprint density at radius 1 is 1.31 bits per heavy atom. The predicted molar refractivity (Wildman–Crippen MR) is 71.5 cm³/mol. The van der Waals surface area contributed by atoms with Gasteiger partial charge in [0.15, 0.2) is 0 Å². The summed E-state index contributed by atoms with van der Waals surface area (Å²) in [7, 11) is 0.